The lowest BCUT2D eigenvalue weighted by molar-refractivity contribution is 0.492. The van der Waals surface area contributed by atoms with Gasteiger partial charge in [-0.15, -0.1) is 0 Å². The summed E-state index contributed by atoms with van der Waals surface area (Å²) in [5.41, 5.74) is 2.24. The third-order valence-corrected chi connectivity index (χ3v) is 6.08. The fourth-order valence-electron chi connectivity index (χ4n) is 3.41. The minimum atomic E-state index is -1.23. The molecule has 2 heterocycles. The SMILES string of the molecule is CC1=NC=C2CCCNC2N1c1ccccc1S(=O)c1ccccc1. The van der Waals surface area contributed by atoms with Gasteiger partial charge in [-0.25, -0.2) is 9.20 Å². The molecular formula is C20H21N3OS. The molecule has 5 heteroatoms. The second kappa shape index (κ2) is 6.94. The van der Waals surface area contributed by atoms with Crippen LogP contribution in [0.3, 0.4) is 0 Å². The zero-order valence-corrected chi connectivity index (χ0v) is 15.0. The van der Waals surface area contributed by atoms with E-state index in [1.165, 1.54) is 5.57 Å². The molecule has 2 aliphatic rings. The number of nitrogens with zero attached hydrogens (tertiary/aromatic N) is 2. The van der Waals surface area contributed by atoms with Crippen molar-refractivity contribution in [1.29, 1.82) is 0 Å². The number of anilines is 1. The van der Waals surface area contributed by atoms with E-state index in [0.717, 1.165) is 40.7 Å². The highest BCUT2D eigenvalue weighted by Gasteiger charge is 2.31. The number of fused-ring (bicyclic) bond motifs is 1. The molecule has 1 N–H and O–H groups in total. The molecule has 4 rings (SSSR count). The Morgan fingerprint density at radius 3 is 2.72 bits per heavy atom. The number of benzene rings is 2. The topological polar surface area (TPSA) is 44.7 Å². The molecule has 0 aromatic heterocycles. The summed E-state index contributed by atoms with van der Waals surface area (Å²) in [6.45, 7) is 2.99. The minimum Gasteiger partial charge on any atom is -0.309 e. The summed E-state index contributed by atoms with van der Waals surface area (Å²) in [5.74, 6) is 0.917. The monoisotopic (exact) mass is 351 g/mol. The van der Waals surface area contributed by atoms with Crippen LogP contribution in [0, 0.1) is 0 Å². The zero-order chi connectivity index (χ0) is 17.2. The van der Waals surface area contributed by atoms with Gasteiger partial charge >= 0.3 is 0 Å². The largest absolute Gasteiger partial charge is 0.309 e. The molecule has 0 saturated carbocycles. The van der Waals surface area contributed by atoms with Gasteiger partial charge in [-0.3, -0.25) is 5.32 Å². The fraction of sp³-hybridized carbons (Fsp3) is 0.250. The average Bonchev–Trinajstić information content (AvgIpc) is 2.68. The summed E-state index contributed by atoms with van der Waals surface area (Å²) in [6.07, 6.45) is 4.26. The maximum Gasteiger partial charge on any atom is 0.109 e. The highest BCUT2D eigenvalue weighted by molar-refractivity contribution is 7.85. The average molecular weight is 351 g/mol. The second-order valence-corrected chi connectivity index (χ2v) is 7.71. The van der Waals surface area contributed by atoms with Crippen molar-refractivity contribution in [2.45, 2.75) is 35.7 Å². The van der Waals surface area contributed by atoms with Crippen molar-refractivity contribution >= 4 is 22.3 Å². The van der Waals surface area contributed by atoms with Gasteiger partial charge in [-0.05, 0) is 56.1 Å². The van der Waals surface area contributed by atoms with E-state index in [1.807, 2.05) is 67.7 Å². The van der Waals surface area contributed by atoms with Crippen LogP contribution in [0.25, 0.3) is 0 Å². The van der Waals surface area contributed by atoms with Crippen LogP contribution in [-0.4, -0.2) is 22.8 Å². The maximum absolute atomic E-state index is 13.2. The zero-order valence-electron chi connectivity index (χ0n) is 14.2. The molecule has 0 aliphatic carbocycles. The molecule has 4 nitrogen and oxygen atoms in total. The Morgan fingerprint density at radius 2 is 1.88 bits per heavy atom. The molecule has 2 aromatic rings. The van der Waals surface area contributed by atoms with Crippen molar-refractivity contribution in [3.8, 4) is 0 Å². The normalized spacial score (nSPS) is 21.2. The second-order valence-electron chi connectivity index (χ2n) is 6.26. The number of amidine groups is 1. The first-order valence-corrected chi connectivity index (χ1v) is 9.72. The van der Waals surface area contributed by atoms with Gasteiger partial charge in [0.25, 0.3) is 0 Å². The Labute approximate surface area is 150 Å². The number of hydrogen-bond acceptors (Lipinski definition) is 4. The van der Waals surface area contributed by atoms with Gasteiger partial charge in [0.15, 0.2) is 0 Å². The predicted molar refractivity (Wildman–Crippen MR) is 102 cm³/mol. The van der Waals surface area contributed by atoms with Crippen molar-refractivity contribution in [2.75, 3.05) is 11.4 Å². The first-order valence-electron chi connectivity index (χ1n) is 8.57. The smallest absolute Gasteiger partial charge is 0.109 e. The molecule has 0 radical (unpaired) electrons. The van der Waals surface area contributed by atoms with Crippen LogP contribution < -0.4 is 10.2 Å². The first kappa shape index (κ1) is 16.2. The summed E-state index contributed by atoms with van der Waals surface area (Å²) < 4.78 is 13.2. The van der Waals surface area contributed by atoms with E-state index in [9.17, 15) is 4.21 Å². The predicted octanol–water partition coefficient (Wildman–Crippen LogP) is 3.69. The molecule has 0 bridgehead atoms. The Morgan fingerprint density at radius 1 is 1.12 bits per heavy atom. The molecule has 25 heavy (non-hydrogen) atoms. The standard InChI is InChI=1S/C20H21N3OS/c1-15-22-14-16-8-7-13-21-20(16)23(15)18-11-5-6-12-19(18)25(24)17-9-3-2-4-10-17/h2-6,9-12,14,20-21H,7-8,13H2,1H3. The van der Waals surface area contributed by atoms with Gasteiger partial charge in [-0.1, -0.05) is 30.3 Å². The minimum absolute atomic E-state index is 0.0974. The Hall–Kier alpha value is -2.24. The Balaban J connectivity index is 1.77. The van der Waals surface area contributed by atoms with E-state index in [1.54, 1.807) is 0 Å². The summed E-state index contributed by atoms with van der Waals surface area (Å²) in [7, 11) is -1.23. The van der Waals surface area contributed by atoms with Crippen LogP contribution >= 0.6 is 0 Å². The lowest BCUT2D eigenvalue weighted by atomic mass is 10.0. The summed E-state index contributed by atoms with van der Waals surface area (Å²) in [5, 5.41) is 3.58. The van der Waals surface area contributed by atoms with E-state index < -0.39 is 10.8 Å². The van der Waals surface area contributed by atoms with Crippen molar-refractivity contribution in [3.63, 3.8) is 0 Å². The van der Waals surface area contributed by atoms with E-state index in [4.69, 9.17) is 0 Å². The number of hydrogen-bond donors (Lipinski definition) is 1. The van der Waals surface area contributed by atoms with Crippen molar-refractivity contribution in [3.05, 3.63) is 66.4 Å². The van der Waals surface area contributed by atoms with Crippen LogP contribution in [-0.2, 0) is 10.8 Å². The van der Waals surface area contributed by atoms with Crippen LogP contribution in [0.4, 0.5) is 5.69 Å². The fourth-order valence-corrected chi connectivity index (χ4v) is 4.63. The van der Waals surface area contributed by atoms with E-state index >= 15 is 0 Å². The summed E-state index contributed by atoms with van der Waals surface area (Å²) >= 11 is 0. The van der Waals surface area contributed by atoms with Crippen molar-refractivity contribution in [2.24, 2.45) is 4.99 Å². The molecule has 0 spiro atoms. The molecular weight excluding hydrogens is 330 g/mol. The number of piperidine rings is 1. The van der Waals surface area contributed by atoms with Crippen molar-refractivity contribution < 1.29 is 4.21 Å². The molecule has 2 atom stereocenters. The highest BCUT2D eigenvalue weighted by Crippen LogP contribution is 2.33. The molecule has 128 valence electrons. The van der Waals surface area contributed by atoms with Crippen LogP contribution in [0.1, 0.15) is 19.8 Å². The van der Waals surface area contributed by atoms with Gasteiger partial charge < -0.3 is 4.90 Å². The Bertz CT molecular complexity index is 860. The van der Waals surface area contributed by atoms with Crippen LogP contribution in [0.5, 0.6) is 0 Å². The van der Waals surface area contributed by atoms with Crippen LogP contribution in [0.2, 0.25) is 0 Å². The van der Waals surface area contributed by atoms with Gasteiger partial charge in [0.2, 0.25) is 0 Å². The quantitative estimate of drug-likeness (QED) is 0.917. The van der Waals surface area contributed by atoms with E-state index in [0.29, 0.717) is 0 Å². The molecule has 2 aliphatic heterocycles. The molecule has 1 fully saturated rings. The van der Waals surface area contributed by atoms with Gasteiger partial charge in [0.1, 0.15) is 12.0 Å². The number of para-hydroxylation sites is 1. The molecule has 0 amide bonds. The third-order valence-electron chi connectivity index (χ3n) is 4.64. The van der Waals surface area contributed by atoms with E-state index in [2.05, 4.69) is 15.2 Å². The number of nitrogens with one attached hydrogen (secondary N) is 1. The van der Waals surface area contributed by atoms with E-state index in [-0.39, 0.29) is 6.17 Å². The molecule has 2 unspecified atom stereocenters. The van der Waals surface area contributed by atoms with Gasteiger partial charge in [0, 0.05) is 11.1 Å². The first-order chi connectivity index (χ1) is 12.3. The summed E-state index contributed by atoms with van der Waals surface area (Å²) in [4.78, 5) is 8.40. The highest BCUT2D eigenvalue weighted by atomic mass is 32.2. The lowest BCUT2D eigenvalue weighted by Gasteiger charge is -2.40. The van der Waals surface area contributed by atoms with Gasteiger partial charge in [-0.2, -0.15) is 0 Å². The third kappa shape index (κ3) is 3.05. The van der Waals surface area contributed by atoms with Gasteiger partial charge in [0.05, 0.1) is 21.4 Å². The molecule has 1 saturated heterocycles. The van der Waals surface area contributed by atoms with Crippen molar-refractivity contribution in [1.82, 2.24) is 5.32 Å². The number of aliphatic imine (C=N–C) groups is 1. The maximum atomic E-state index is 13.2. The number of rotatable bonds is 3. The van der Waals surface area contributed by atoms with Crippen LogP contribution in [0.15, 0.2) is 81.2 Å². The lowest BCUT2D eigenvalue weighted by Crippen LogP contribution is -2.53. The summed E-state index contributed by atoms with van der Waals surface area (Å²) in [6, 6.07) is 17.5. The molecule has 2 aromatic carbocycles. The Kier molecular flexibility index (Phi) is 4.51.